The molecule has 50 heavy (non-hydrogen) atoms. The van der Waals surface area contributed by atoms with Crippen LogP contribution < -0.4 is 0 Å². The van der Waals surface area contributed by atoms with Crippen molar-refractivity contribution in [3.8, 4) is 68.1 Å². The highest BCUT2D eigenvalue weighted by molar-refractivity contribution is 6.10. The second-order valence-corrected chi connectivity index (χ2v) is 12.0. The lowest BCUT2D eigenvalue weighted by Crippen LogP contribution is -2.01. The molecule has 0 amide bonds. The monoisotopic (exact) mass is 640 g/mol. The molecule has 0 saturated carbocycles. The van der Waals surface area contributed by atoms with Crippen molar-refractivity contribution >= 4 is 21.7 Å². The van der Waals surface area contributed by atoms with E-state index >= 15 is 0 Å². The highest BCUT2D eigenvalue weighted by Gasteiger charge is 2.16. The Bertz CT molecular complexity index is 2640. The van der Waals surface area contributed by atoms with Crippen molar-refractivity contribution in [2.45, 2.75) is 0 Å². The first-order valence-corrected chi connectivity index (χ1v) is 16.5. The summed E-state index contributed by atoms with van der Waals surface area (Å²) in [4.78, 5) is 29.7. The summed E-state index contributed by atoms with van der Waals surface area (Å²) in [5, 5.41) is 3.34. The van der Waals surface area contributed by atoms with Gasteiger partial charge in [-0.25, -0.2) is 24.9 Å². The number of fused-ring (bicyclic) bond motifs is 3. The lowest BCUT2D eigenvalue weighted by molar-refractivity contribution is 1.06. The average Bonchev–Trinajstić information content (AvgIpc) is 3.21. The zero-order chi connectivity index (χ0) is 33.3. The van der Waals surface area contributed by atoms with Gasteiger partial charge in [-0.05, 0) is 46.8 Å². The summed E-state index contributed by atoms with van der Waals surface area (Å²) < 4.78 is 0. The van der Waals surface area contributed by atoms with Crippen LogP contribution in [0.25, 0.3) is 89.7 Å². The van der Waals surface area contributed by atoms with Gasteiger partial charge >= 0.3 is 0 Å². The molecule has 0 aliphatic carbocycles. The first-order valence-electron chi connectivity index (χ1n) is 16.5. The van der Waals surface area contributed by atoms with Crippen LogP contribution in [0.1, 0.15) is 0 Å². The third kappa shape index (κ3) is 5.55. The normalized spacial score (nSPS) is 11.2. The van der Waals surface area contributed by atoms with Gasteiger partial charge in [-0.1, -0.05) is 133 Å². The third-order valence-corrected chi connectivity index (χ3v) is 8.80. The van der Waals surface area contributed by atoms with Gasteiger partial charge in [-0.2, -0.15) is 0 Å². The molecule has 6 heteroatoms. The van der Waals surface area contributed by atoms with Crippen LogP contribution in [0.5, 0.6) is 0 Å². The van der Waals surface area contributed by atoms with Gasteiger partial charge in [-0.3, -0.25) is 4.98 Å². The van der Waals surface area contributed by atoms with Crippen molar-refractivity contribution < 1.29 is 0 Å². The molecule has 0 saturated heterocycles. The lowest BCUT2D eigenvalue weighted by atomic mass is 10.0. The fourth-order valence-electron chi connectivity index (χ4n) is 6.32. The first-order chi connectivity index (χ1) is 24.8. The fourth-order valence-corrected chi connectivity index (χ4v) is 6.32. The number of hydrogen-bond acceptors (Lipinski definition) is 6. The summed E-state index contributed by atoms with van der Waals surface area (Å²) in [6, 6.07) is 55.2. The zero-order valence-electron chi connectivity index (χ0n) is 26.8. The van der Waals surface area contributed by atoms with E-state index in [-0.39, 0.29) is 0 Å². The number of para-hydroxylation sites is 1. The molecule has 0 N–H and O–H groups in total. The molecule has 0 unspecified atom stereocenters. The van der Waals surface area contributed by atoms with Crippen LogP contribution in [-0.2, 0) is 0 Å². The van der Waals surface area contributed by atoms with Crippen LogP contribution in [0.4, 0.5) is 0 Å². The smallest absolute Gasteiger partial charge is 0.182 e. The molecule has 234 valence electrons. The Morgan fingerprint density at radius 2 is 0.860 bits per heavy atom. The van der Waals surface area contributed by atoms with Gasteiger partial charge in [0.15, 0.2) is 17.5 Å². The van der Waals surface area contributed by atoms with Crippen molar-refractivity contribution in [3.63, 3.8) is 0 Å². The van der Waals surface area contributed by atoms with E-state index in [0.29, 0.717) is 23.2 Å². The van der Waals surface area contributed by atoms with Crippen LogP contribution in [0.2, 0.25) is 0 Å². The molecule has 9 rings (SSSR count). The predicted molar refractivity (Wildman–Crippen MR) is 201 cm³/mol. The van der Waals surface area contributed by atoms with Gasteiger partial charge in [-0.15, -0.1) is 0 Å². The van der Waals surface area contributed by atoms with Crippen LogP contribution in [0, 0.1) is 0 Å². The standard InChI is InChI=1S/C44H28N6/c1-3-12-29(13-4-1)30-22-24-32(25-23-30)43-48-42(31-14-5-2-6-15-31)49-44(50-43)40-28-33(26-27-45-40)37-20-11-21-39(46-37)41-36-18-8-7-16-34(36)35-17-9-10-19-38(35)47-41/h1-28H. The fraction of sp³-hybridized carbons (Fsp3) is 0. The molecule has 0 spiro atoms. The van der Waals surface area contributed by atoms with Gasteiger partial charge in [0, 0.05) is 33.7 Å². The third-order valence-electron chi connectivity index (χ3n) is 8.80. The van der Waals surface area contributed by atoms with Crippen LogP contribution >= 0.6 is 0 Å². The Hall–Kier alpha value is -6.92. The highest BCUT2D eigenvalue weighted by atomic mass is 15.0. The van der Waals surface area contributed by atoms with Gasteiger partial charge in [0.2, 0.25) is 0 Å². The zero-order valence-corrected chi connectivity index (χ0v) is 26.8. The Morgan fingerprint density at radius 3 is 1.62 bits per heavy atom. The van der Waals surface area contributed by atoms with Crippen LogP contribution in [-0.4, -0.2) is 29.9 Å². The van der Waals surface area contributed by atoms with Gasteiger partial charge in [0.05, 0.1) is 22.6 Å². The van der Waals surface area contributed by atoms with E-state index in [1.165, 1.54) is 0 Å². The number of rotatable bonds is 6. The molecule has 0 atom stereocenters. The molecular weight excluding hydrogens is 613 g/mol. The average molecular weight is 641 g/mol. The van der Waals surface area contributed by atoms with Crippen molar-refractivity contribution in [2.24, 2.45) is 0 Å². The molecule has 4 aromatic heterocycles. The maximum Gasteiger partial charge on any atom is 0.182 e. The number of benzene rings is 5. The van der Waals surface area contributed by atoms with Crippen LogP contribution in [0.3, 0.4) is 0 Å². The second kappa shape index (κ2) is 12.6. The summed E-state index contributed by atoms with van der Waals surface area (Å²) >= 11 is 0. The molecule has 5 aromatic carbocycles. The second-order valence-electron chi connectivity index (χ2n) is 12.0. The van der Waals surface area contributed by atoms with Gasteiger partial charge in [0.1, 0.15) is 5.69 Å². The van der Waals surface area contributed by atoms with Crippen molar-refractivity contribution in [1.29, 1.82) is 0 Å². The SMILES string of the molecule is c1ccc(-c2ccc(-c3nc(-c4ccccc4)nc(-c4cc(-c5cccc(-c6nc7ccccc7c7ccccc67)n5)ccn4)n3)cc2)cc1. The minimum Gasteiger partial charge on any atom is -0.253 e. The maximum atomic E-state index is 5.13. The number of nitrogens with zero attached hydrogens (tertiary/aromatic N) is 6. The van der Waals surface area contributed by atoms with E-state index in [1.54, 1.807) is 6.20 Å². The Balaban J connectivity index is 1.13. The van der Waals surface area contributed by atoms with E-state index < -0.39 is 0 Å². The molecule has 0 radical (unpaired) electrons. The van der Waals surface area contributed by atoms with E-state index in [4.69, 9.17) is 29.9 Å². The Kier molecular flexibility index (Phi) is 7.37. The molecular formula is C44H28N6. The molecule has 0 fully saturated rings. The summed E-state index contributed by atoms with van der Waals surface area (Å²) in [6.07, 6.45) is 1.78. The number of pyridine rings is 3. The van der Waals surface area contributed by atoms with Gasteiger partial charge in [0.25, 0.3) is 0 Å². The van der Waals surface area contributed by atoms with Gasteiger partial charge < -0.3 is 0 Å². The molecule has 0 bridgehead atoms. The highest BCUT2D eigenvalue weighted by Crippen LogP contribution is 2.33. The topological polar surface area (TPSA) is 77.3 Å². The van der Waals surface area contributed by atoms with E-state index in [1.807, 2.05) is 91.0 Å². The Morgan fingerprint density at radius 1 is 0.300 bits per heavy atom. The van der Waals surface area contributed by atoms with Crippen LogP contribution in [0.15, 0.2) is 170 Å². The van der Waals surface area contributed by atoms with Crippen molar-refractivity contribution in [3.05, 3.63) is 170 Å². The van der Waals surface area contributed by atoms with E-state index in [0.717, 1.165) is 66.6 Å². The lowest BCUT2D eigenvalue weighted by Gasteiger charge is -2.11. The maximum absolute atomic E-state index is 5.13. The predicted octanol–water partition coefficient (Wildman–Crippen LogP) is 10.4. The quantitative estimate of drug-likeness (QED) is 0.168. The van der Waals surface area contributed by atoms with Crippen molar-refractivity contribution in [1.82, 2.24) is 29.9 Å². The summed E-state index contributed by atoms with van der Waals surface area (Å²) in [5.41, 5.74) is 9.01. The first kappa shape index (κ1) is 29.2. The largest absolute Gasteiger partial charge is 0.253 e. The number of hydrogen-bond donors (Lipinski definition) is 0. The van der Waals surface area contributed by atoms with E-state index in [2.05, 4.69) is 72.8 Å². The minimum absolute atomic E-state index is 0.487. The molecule has 4 heterocycles. The molecule has 0 aliphatic rings. The number of aromatic nitrogens is 6. The summed E-state index contributed by atoms with van der Waals surface area (Å²) in [5.74, 6) is 1.65. The van der Waals surface area contributed by atoms with Crippen molar-refractivity contribution in [2.75, 3.05) is 0 Å². The van der Waals surface area contributed by atoms with E-state index in [9.17, 15) is 0 Å². The minimum atomic E-state index is 0.487. The summed E-state index contributed by atoms with van der Waals surface area (Å²) in [6.45, 7) is 0. The molecule has 0 aliphatic heterocycles. The summed E-state index contributed by atoms with van der Waals surface area (Å²) in [7, 11) is 0. The Labute approximate surface area is 288 Å². The molecule has 9 aromatic rings. The molecule has 6 nitrogen and oxygen atoms in total.